The van der Waals surface area contributed by atoms with Crippen LogP contribution in [0, 0.1) is 0 Å². The largest absolute Gasteiger partial charge is 0.321 e. The minimum Gasteiger partial charge on any atom is -0.321 e. The Morgan fingerprint density at radius 1 is 1.78 bits per heavy atom. The Labute approximate surface area is 52.7 Å². The molecular formula is C5H8N4. The van der Waals surface area contributed by atoms with Crippen LogP contribution < -0.4 is 5.73 Å². The summed E-state index contributed by atoms with van der Waals surface area (Å²) in [5.41, 5.74) is 5.67. The van der Waals surface area contributed by atoms with Crippen molar-refractivity contribution in [2.75, 3.05) is 0 Å². The molecular weight excluding hydrogens is 116 g/mol. The molecule has 1 aromatic rings. The van der Waals surface area contributed by atoms with E-state index >= 15 is 0 Å². The van der Waals surface area contributed by atoms with Gasteiger partial charge in [0, 0.05) is 6.54 Å². The van der Waals surface area contributed by atoms with Crippen LogP contribution in [0.25, 0.3) is 0 Å². The number of nitrogens with zero attached hydrogens (tertiary/aromatic N) is 3. The predicted molar refractivity (Wildman–Crippen MR) is 31.6 cm³/mol. The fraction of sp³-hybridized carbons (Fsp3) is 0.600. The van der Waals surface area contributed by atoms with Crippen molar-refractivity contribution in [3.8, 4) is 0 Å². The smallest absolute Gasteiger partial charge is 0.149 e. The summed E-state index contributed by atoms with van der Waals surface area (Å²) in [6.07, 6.45) is 2.73. The zero-order valence-corrected chi connectivity index (χ0v) is 4.99. The highest BCUT2D eigenvalue weighted by Gasteiger charge is 2.19. The third-order valence-corrected chi connectivity index (χ3v) is 1.66. The standard InChI is InChI=1S/C5H8N4/c6-4-1-2-9-3-7-8-5(4)9/h3-4H,1-2,6H2/t4-/m0/s1. The van der Waals surface area contributed by atoms with E-state index in [1.54, 1.807) is 6.33 Å². The van der Waals surface area contributed by atoms with Gasteiger partial charge in [-0.3, -0.25) is 0 Å². The average Bonchev–Trinajstić information content (AvgIpc) is 2.35. The molecule has 0 bridgehead atoms. The van der Waals surface area contributed by atoms with E-state index in [4.69, 9.17) is 5.73 Å². The van der Waals surface area contributed by atoms with E-state index in [1.807, 2.05) is 4.57 Å². The van der Waals surface area contributed by atoms with Gasteiger partial charge < -0.3 is 10.3 Å². The summed E-state index contributed by atoms with van der Waals surface area (Å²) >= 11 is 0. The van der Waals surface area contributed by atoms with Crippen molar-refractivity contribution in [3.05, 3.63) is 12.2 Å². The van der Waals surface area contributed by atoms with Gasteiger partial charge in [-0.25, -0.2) is 0 Å². The van der Waals surface area contributed by atoms with Gasteiger partial charge in [0.25, 0.3) is 0 Å². The summed E-state index contributed by atoms with van der Waals surface area (Å²) in [4.78, 5) is 0. The maximum atomic E-state index is 5.67. The Bertz CT molecular complexity index is 216. The normalized spacial score (nSPS) is 24.3. The fourth-order valence-corrected chi connectivity index (χ4v) is 1.13. The van der Waals surface area contributed by atoms with E-state index in [1.165, 1.54) is 0 Å². The Morgan fingerprint density at radius 3 is 3.44 bits per heavy atom. The van der Waals surface area contributed by atoms with Crippen molar-refractivity contribution in [1.29, 1.82) is 0 Å². The fourth-order valence-electron chi connectivity index (χ4n) is 1.13. The number of rotatable bonds is 0. The number of hydrogen-bond donors (Lipinski definition) is 1. The lowest BCUT2D eigenvalue weighted by Gasteiger charge is -1.93. The topological polar surface area (TPSA) is 56.7 Å². The second-order valence-electron chi connectivity index (χ2n) is 2.28. The molecule has 48 valence electrons. The summed E-state index contributed by atoms with van der Waals surface area (Å²) < 4.78 is 1.99. The first-order valence-corrected chi connectivity index (χ1v) is 3.01. The molecule has 0 aliphatic carbocycles. The predicted octanol–water partition coefficient (Wildman–Crippen LogP) is -0.318. The number of fused-ring (bicyclic) bond motifs is 1. The molecule has 4 nitrogen and oxygen atoms in total. The summed E-state index contributed by atoms with van der Waals surface area (Å²) in [6.45, 7) is 0.976. The van der Waals surface area contributed by atoms with Crippen molar-refractivity contribution >= 4 is 0 Å². The molecule has 1 aliphatic rings. The Balaban J connectivity index is 2.49. The zero-order chi connectivity index (χ0) is 6.27. The molecule has 2 heterocycles. The highest BCUT2D eigenvalue weighted by molar-refractivity contribution is 4.98. The van der Waals surface area contributed by atoms with Gasteiger partial charge in [-0.15, -0.1) is 10.2 Å². The van der Waals surface area contributed by atoms with Gasteiger partial charge in [0.05, 0.1) is 6.04 Å². The van der Waals surface area contributed by atoms with E-state index < -0.39 is 0 Å². The Morgan fingerprint density at radius 2 is 2.67 bits per heavy atom. The number of nitrogens with two attached hydrogens (primary N) is 1. The maximum Gasteiger partial charge on any atom is 0.149 e. The second kappa shape index (κ2) is 1.54. The van der Waals surface area contributed by atoms with Crippen molar-refractivity contribution in [2.24, 2.45) is 5.73 Å². The van der Waals surface area contributed by atoms with Crippen LogP contribution in [-0.4, -0.2) is 14.8 Å². The molecule has 0 amide bonds. The molecule has 0 saturated heterocycles. The van der Waals surface area contributed by atoms with E-state index in [0.29, 0.717) is 0 Å². The summed E-state index contributed by atoms with van der Waals surface area (Å²) in [7, 11) is 0. The third kappa shape index (κ3) is 0.564. The molecule has 2 rings (SSSR count). The highest BCUT2D eigenvalue weighted by atomic mass is 15.3. The summed E-state index contributed by atoms with van der Waals surface area (Å²) in [6, 6.07) is 0.118. The molecule has 4 heteroatoms. The highest BCUT2D eigenvalue weighted by Crippen LogP contribution is 2.18. The maximum absolute atomic E-state index is 5.67. The number of aromatic nitrogens is 3. The van der Waals surface area contributed by atoms with Crippen molar-refractivity contribution in [1.82, 2.24) is 14.8 Å². The van der Waals surface area contributed by atoms with Gasteiger partial charge in [-0.05, 0) is 6.42 Å². The van der Waals surface area contributed by atoms with E-state index in [0.717, 1.165) is 18.8 Å². The van der Waals surface area contributed by atoms with Crippen LogP contribution in [0.1, 0.15) is 18.3 Å². The number of hydrogen-bond acceptors (Lipinski definition) is 3. The van der Waals surface area contributed by atoms with Crippen LogP contribution >= 0.6 is 0 Å². The van der Waals surface area contributed by atoms with Crippen LogP contribution in [0.3, 0.4) is 0 Å². The van der Waals surface area contributed by atoms with Crippen molar-refractivity contribution in [2.45, 2.75) is 19.0 Å². The van der Waals surface area contributed by atoms with Gasteiger partial charge in [0.1, 0.15) is 12.2 Å². The van der Waals surface area contributed by atoms with Gasteiger partial charge in [0.2, 0.25) is 0 Å². The summed E-state index contributed by atoms with van der Waals surface area (Å²) in [5.74, 6) is 0.926. The molecule has 0 saturated carbocycles. The van der Waals surface area contributed by atoms with E-state index in [9.17, 15) is 0 Å². The van der Waals surface area contributed by atoms with Gasteiger partial charge >= 0.3 is 0 Å². The Hall–Kier alpha value is -0.900. The molecule has 2 N–H and O–H groups in total. The van der Waals surface area contributed by atoms with E-state index in [2.05, 4.69) is 10.2 Å². The SMILES string of the molecule is N[C@H]1CCn2cnnc21. The first-order chi connectivity index (χ1) is 4.38. The molecule has 1 aliphatic heterocycles. The lowest BCUT2D eigenvalue weighted by molar-refractivity contribution is 0.667. The molecule has 0 radical (unpaired) electrons. The van der Waals surface area contributed by atoms with Gasteiger partial charge in [0.15, 0.2) is 0 Å². The molecule has 9 heavy (non-hydrogen) atoms. The second-order valence-corrected chi connectivity index (χ2v) is 2.28. The molecule has 0 unspecified atom stereocenters. The van der Waals surface area contributed by atoms with Gasteiger partial charge in [-0.1, -0.05) is 0 Å². The molecule has 0 spiro atoms. The van der Waals surface area contributed by atoms with Crippen LogP contribution in [0.15, 0.2) is 6.33 Å². The molecule has 1 aromatic heterocycles. The third-order valence-electron chi connectivity index (χ3n) is 1.66. The minimum atomic E-state index is 0.118. The van der Waals surface area contributed by atoms with Crippen LogP contribution in [-0.2, 0) is 6.54 Å². The number of aryl methyl sites for hydroxylation is 1. The van der Waals surface area contributed by atoms with E-state index in [-0.39, 0.29) is 6.04 Å². The van der Waals surface area contributed by atoms with Crippen LogP contribution in [0.4, 0.5) is 0 Å². The average molecular weight is 124 g/mol. The van der Waals surface area contributed by atoms with Crippen LogP contribution in [0.5, 0.6) is 0 Å². The van der Waals surface area contributed by atoms with Crippen LogP contribution in [0.2, 0.25) is 0 Å². The molecule has 1 atom stereocenters. The van der Waals surface area contributed by atoms with Crippen molar-refractivity contribution in [3.63, 3.8) is 0 Å². The first kappa shape index (κ1) is 4.93. The quantitative estimate of drug-likeness (QED) is 0.515. The zero-order valence-electron chi connectivity index (χ0n) is 4.99. The first-order valence-electron chi connectivity index (χ1n) is 3.01. The van der Waals surface area contributed by atoms with Gasteiger partial charge in [-0.2, -0.15) is 0 Å². The lowest BCUT2D eigenvalue weighted by Crippen LogP contribution is -2.06. The lowest BCUT2D eigenvalue weighted by atomic mass is 10.3. The Kier molecular flexibility index (Phi) is 0.843. The molecule has 0 aromatic carbocycles. The minimum absolute atomic E-state index is 0.118. The van der Waals surface area contributed by atoms with Crippen molar-refractivity contribution < 1.29 is 0 Å². The summed E-state index contributed by atoms with van der Waals surface area (Å²) in [5, 5.41) is 7.59. The molecule has 0 fully saturated rings. The monoisotopic (exact) mass is 124 g/mol.